The molecule has 0 radical (unpaired) electrons. The van der Waals surface area contributed by atoms with Crippen LogP contribution in [0.3, 0.4) is 0 Å². The van der Waals surface area contributed by atoms with Gasteiger partial charge in [-0.1, -0.05) is 105 Å². The number of amides is 4. The standard InChI is InChI=1S/C24H26N4O.C22H24N4O.C21H28N4O.C16H20N4OS/c25-23(29)13-16-28(22-12-4-9-19-10-5-15-27-24(19)22)17-21-20(11-6-14-26-21)18-7-2-1-3-8-18;23-21(27)11-14-26(20-9-3-6-17-7-4-12-25-22(17)20)15-19-18-8-2-1-5-16(18)10-13-24-19;1-15(2)17-8-5-11-23-18(17)14-25(13-10-20(22)26)19-9-3-6-16-7-4-12-24-21(16)19;17-14(21)6-9-20(11-15-18-8-10-22-15)13-5-1-3-12-4-2-7-19-16(12)13/h1-3,5-8,10-11,14-15,22H,4,9,12-13,16-17H2,(H2,25,29);1-2,4-5,7-8,10,12-13,20H,3,6,9,11,14-15H2,(H2,23,27);4-5,7-8,11-12,15,19H,3,6,9-10,13-14H2,1-2H3,(H2,22,26);2,4,7-8,10,13H,1,3,5-6,9,11H2,(H2,17,21)/t22-;20-;19-;13-/m0000/s1. The minimum Gasteiger partial charge on any atom is -0.370 e. The van der Waals surface area contributed by atoms with Crippen LogP contribution in [0.2, 0.25) is 0 Å². The number of pyridine rings is 7. The first-order valence-electron chi connectivity index (χ1n) is 36.7. The molecule has 4 aliphatic carbocycles. The number of carbonyl (C=O) groups excluding carboxylic acids is 4. The van der Waals surface area contributed by atoms with E-state index in [9.17, 15) is 19.2 Å². The Morgan fingerprint density at radius 3 is 1.22 bits per heavy atom. The van der Waals surface area contributed by atoms with Crippen LogP contribution in [0.4, 0.5) is 0 Å². The first-order valence-corrected chi connectivity index (χ1v) is 37.6. The Bertz CT molecular complexity index is 4420. The van der Waals surface area contributed by atoms with E-state index >= 15 is 0 Å². The molecule has 10 aromatic rings. The molecule has 0 spiro atoms. The van der Waals surface area contributed by atoms with Crippen molar-refractivity contribution in [2.45, 2.75) is 173 Å². The molecule has 4 aliphatic rings. The third-order valence-electron chi connectivity index (χ3n) is 20.2. The van der Waals surface area contributed by atoms with Crippen LogP contribution >= 0.6 is 11.3 Å². The number of carbonyl (C=O) groups is 4. The first-order chi connectivity index (χ1) is 50.7. The Morgan fingerprint density at radius 1 is 0.394 bits per heavy atom. The van der Waals surface area contributed by atoms with E-state index in [0.29, 0.717) is 77.4 Å². The molecule has 14 rings (SSSR count). The lowest BCUT2D eigenvalue weighted by molar-refractivity contribution is -0.119. The van der Waals surface area contributed by atoms with Gasteiger partial charge in [-0.05, 0) is 164 Å². The molecular formula is C83H98N16O4S. The predicted molar refractivity (Wildman–Crippen MR) is 408 cm³/mol. The average molecular weight is 1420 g/mol. The number of hydrogen-bond acceptors (Lipinski definition) is 17. The number of rotatable bonds is 26. The molecule has 4 amide bonds. The molecule has 0 saturated heterocycles. The van der Waals surface area contributed by atoms with Gasteiger partial charge in [0.05, 0.1) is 70.6 Å². The lowest BCUT2D eigenvalue weighted by Crippen LogP contribution is -2.35. The molecule has 20 nitrogen and oxygen atoms in total. The van der Waals surface area contributed by atoms with Crippen molar-refractivity contribution in [1.29, 1.82) is 0 Å². The topological polar surface area (TPSA) is 288 Å². The van der Waals surface area contributed by atoms with E-state index < -0.39 is 0 Å². The summed E-state index contributed by atoms with van der Waals surface area (Å²) in [6, 6.07) is 46.3. The lowest BCUT2D eigenvalue weighted by atomic mass is 9.90. The highest BCUT2D eigenvalue weighted by molar-refractivity contribution is 7.09. The normalized spacial score (nSPS) is 16.5. The van der Waals surface area contributed by atoms with Gasteiger partial charge in [0, 0.05) is 137 Å². The Kier molecular flexibility index (Phi) is 27.5. The van der Waals surface area contributed by atoms with Crippen LogP contribution < -0.4 is 22.9 Å². The summed E-state index contributed by atoms with van der Waals surface area (Å²) in [7, 11) is 0. The van der Waals surface area contributed by atoms with E-state index in [4.69, 9.17) is 32.9 Å². The van der Waals surface area contributed by atoms with Crippen LogP contribution in [0.15, 0.2) is 188 Å². The number of hydrogen-bond donors (Lipinski definition) is 4. The third kappa shape index (κ3) is 20.7. The van der Waals surface area contributed by atoms with Gasteiger partial charge in [-0.3, -0.25) is 73.7 Å². The minimum absolute atomic E-state index is 0.171. The highest BCUT2D eigenvalue weighted by Gasteiger charge is 2.33. The summed E-state index contributed by atoms with van der Waals surface area (Å²) < 4.78 is 0. The lowest BCUT2D eigenvalue weighted by Gasteiger charge is -2.35. The molecule has 8 N–H and O–H groups in total. The second-order valence-corrected chi connectivity index (χ2v) is 28.5. The number of aromatic nitrogens is 8. The van der Waals surface area contributed by atoms with Crippen molar-refractivity contribution < 1.29 is 19.2 Å². The van der Waals surface area contributed by atoms with Gasteiger partial charge in [-0.2, -0.15) is 0 Å². The fourth-order valence-electron chi connectivity index (χ4n) is 15.1. The quantitative estimate of drug-likeness (QED) is 0.0392. The van der Waals surface area contributed by atoms with Crippen LogP contribution in [0.1, 0.15) is 194 Å². The van der Waals surface area contributed by atoms with E-state index in [1.54, 1.807) is 11.3 Å². The highest BCUT2D eigenvalue weighted by atomic mass is 32.1. The molecule has 0 fully saturated rings. The summed E-state index contributed by atoms with van der Waals surface area (Å²) in [5, 5.41) is 5.38. The Balaban J connectivity index is 0.000000139. The monoisotopic (exact) mass is 1410 g/mol. The average Bonchev–Trinajstić information content (AvgIpc) is 0.871. The fraction of sp³-hybridized carbons (Fsp3) is 0.373. The summed E-state index contributed by atoms with van der Waals surface area (Å²) >= 11 is 1.64. The number of nitrogens with zero attached hydrogens (tertiary/aromatic N) is 12. The molecule has 8 aromatic heterocycles. The zero-order valence-corrected chi connectivity index (χ0v) is 60.8. The van der Waals surface area contributed by atoms with Crippen molar-refractivity contribution in [2.75, 3.05) is 26.2 Å². The molecule has 4 atom stereocenters. The van der Waals surface area contributed by atoms with Crippen molar-refractivity contribution in [2.24, 2.45) is 22.9 Å². The van der Waals surface area contributed by atoms with Gasteiger partial charge in [0.25, 0.3) is 0 Å². The predicted octanol–water partition coefficient (Wildman–Crippen LogP) is 12.9. The van der Waals surface area contributed by atoms with Crippen LogP contribution in [0.25, 0.3) is 21.9 Å². The van der Waals surface area contributed by atoms with Gasteiger partial charge in [-0.25, -0.2) is 4.98 Å². The number of thiazole rings is 1. The number of aryl methyl sites for hydroxylation is 4. The van der Waals surface area contributed by atoms with Crippen molar-refractivity contribution in [3.8, 4) is 11.1 Å². The zero-order chi connectivity index (χ0) is 72.6. The molecular weight excluding hydrogens is 1320 g/mol. The van der Waals surface area contributed by atoms with Crippen molar-refractivity contribution in [1.82, 2.24) is 59.5 Å². The highest BCUT2D eigenvalue weighted by Crippen LogP contribution is 2.39. The molecule has 2 aromatic carbocycles. The number of benzene rings is 2. The van der Waals surface area contributed by atoms with E-state index in [2.05, 4.69) is 124 Å². The molecule has 8 heterocycles. The summed E-state index contributed by atoms with van der Waals surface area (Å²) in [6.45, 7) is 9.64. The van der Waals surface area contributed by atoms with E-state index in [1.165, 1.54) is 33.2 Å². The van der Waals surface area contributed by atoms with Crippen molar-refractivity contribution >= 4 is 45.7 Å². The van der Waals surface area contributed by atoms with Crippen LogP contribution in [-0.2, 0) is 71.0 Å². The second-order valence-electron chi connectivity index (χ2n) is 27.5. The molecule has 104 heavy (non-hydrogen) atoms. The molecule has 0 bridgehead atoms. The maximum absolute atomic E-state index is 11.5. The van der Waals surface area contributed by atoms with Crippen molar-refractivity contribution in [3.63, 3.8) is 0 Å². The zero-order valence-electron chi connectivity index (χ0n) is 60.0. The Labute approximate surface area is 615 Å². The summed E-state index contributed by atoms with van der Waals surface area (Å²) in [6.07, 6.45) is 29.1. The molecule has 21 heteroatoms. The largest absolute Gasteiger partial charge is 0.370 e. The van der Waals surface area contributed by atoms with Crippen LogP contribution in [0, 0.1) is 0 Å². The second kappa shape index (κ2) is 38.0. The van der Waals surface area contributed by atoms with Crippen LogP contribution in [0.5, 0.6) is 0 Å². The summed E-state index contributed by atoms with van der Waals surface area (Å²) in [5.74, 6) is -0.675. The van der Waals surface area contributed by atoms with Gasteiger partial charge in [-0.15, -0.1) is 11.3 Å². The van der Waals surface area contributed by atoms with E-state index in [0.717, 1.165) is 145 Å². The number of fused-ring (bicyclic) bond motifs is 5. The van der Waals surface area contributed by atoms with Gasteiger partial charge in [0.2, 0.25) is 23.6 Å². The van der Waals surface area contributed by atoms with Gasteiger partial charge >= 0.3 is 0 Å². The molecule has 0 aliphatic heterocycles. The summed E-state index contributed by atoms with van der Waals surface area (Å²) in [5.41, 5.74) is 38.2. The summed E-state index contributed by atoms with van der Waals surface area (Å²) in [4.78, 5) is 91.9. The minimum atomic E-state index is -0.281. The Morgan fingerprint density at radius 2 is 0.779 bits per heavy atom. The maximum atomic E-state index is 11.5. The molecule has 0 unspecified atom stereocenters. The van der Waals surface area contributed by atoms with Crippen LogP contribution in [-0.4, -0.2) is 109 Å². The number of primary amides is 4. The SMILES string of the molecule is CC(C)c1cccnc1CN(CCC(N)=O)[C@H]1CCCc2cccnc21.NC(=O)CCN(Cc1nccc2ccccc12)[C@H]1CCCc2cccnc21.NC(=O)CCN(Cc1ncccc1-c1ccccc1)[C@H]1CCCc2cccnc21.NC(=O)CCN(Cc1nccs1)[C@H]1CCCc2cccnc21. The van der Waals surface area contributed by atoms with E-state index in [1.807, 2.05) is 128 Å². The fourth-order valence-corrected chi connectivity index (χ4v) is 15.7. The molecule has 540 valence electrons. The first kappa shape index (κ1) is 75.3. The van der Waals surface area contributed by atoms with Gasteiger partial charge < -0.3 is 22.9 Å². The molecule has 0 saturated carbocycles. The number of nitrogens with two attached hydrogens (primary N) is 4. The van der Waals surface area contributed by atoms with Gasteiger partial charge in [0.1, 0.15) is 5.01 Å². The van der Waals surface area contributed by atoms with Gasteiger partial charge in [0.15, 0.2) is 0 Å². The third-order valence-corrected chi connectivity index (χ3v) is 20.9. The maximum Gasteiger partial charge on any atom is 0.218 e. The van der Waals surface area contributed by atoms with E-state index in [-0.39, 0.29) is 47.8 Å². The Hall–Kier alpha value is -9.90. The van der Waals surface area contributed by atoms with Crippen molar-refractivity contribution in [3.05, 3.63) is 261 Å². The smallest absolute Gasteiger partial charge is 0.218 e.